The Labute approximate surface area is 119 Å². The molecule has 5 rings (SSSR count). The lowest BCUT2D eigenvalue weighted by atomic mass is 9.53. The number of hydrogen-bond acceptors (Lipinski definition) is 2. The van der Waals surface area contributed by atoms with Crippen LogP contribution in [0.2, 0.25) is 0 Å². The first kappa shape index (κ1) is 12.5. The van der Waals surface area contributed by atoms with Crippen molar-refractivity contribution in [3.05, 3.63) is 23.5 Å². The van der Waals surface area contributed by atoms with Crippen LogP contribution in [0.5, 0.6) is 0 Å². The summed E-state index contributed by atoms with van der Waals surface area (Å²) in [6.45, 7) is 1.81. The molecule has 3 heteroatoms. The Morgan fingerprint density at radius 1 is 1.10 bits per heavy atom. The Balaban J connectivity index is 1.64. The number of halogens is 1. The first-order chi connectivity index (χ1) is 9.53. The smallest absolute Gasteiger partial charge is 0.128 e. The standard InChI is InChI=1S/C17H23FN2/c1-10-2-16(15(19)6-14(10)18)20-17-7-11-3-12(8-17)5-13(4-11)9-17/h2,6,11-13,20H,3-5,7-9,19H2,1H3. The molecule has 1 aromatic rings. The molecule has 4 aliphatic rings. The molecule has 108 valence electrons. The average molecular weight is 274 g/mol. The zero-order valence-corrected chi connectivity index (χ0v) is 12.1. The summed E-state index contributed by atoms with van der Waals surface area (Å²) < 4.78 is 13.6. The summed E-state index contributed by atoms with van der Waals surface area (Å²) in [6, 6.07) is 3.33. The summed E-state index contributed by atoms with van der Waals surface area (Å²) in [5, 5.41) is 3.73. The normalized spacial score (nSPS) is 38.2. The fraction of sp³-hybridized carbons (Fsp3) is 0.647. The van der Waals surface area contributed by atoms with E-state index in [-0.39, 0.29) is 11.4 Å². The predicted molar refractivity (Wildman–Crippen MR) is 80.1 cm³/mol. The lowest BCUT2D eigenvalue weighted by Gasteiger charge is -2.57. The van der Waals surface area contributed by atoms with Crippen molar-refractivity contribution in [2.45, 2.75) is 51.0 Å². The van der Waals surface area contributed by atoms with Crippen molar-refractivity contribution in [3.8, 4) is 0 Å². The molecule has 0 heterocycles. The second-order valence-corrected chi connectivity index (χ2v) is 7.51. The van der Waals surface area contributed by atoms with Gasteiger partial charge < -0.3 is 11.1 Å². The molecule has 20 heavy (non-hydrogen) atoms. The van der Waals surface area contributed by atoms with Gasteiger partial charge in [-0.05, 0) is 80.9 Å². The van der Waals surface area contributed by atoms with Crippen LogP contribution in [0.15, 0.2) is 12.1 Å². The minimum absolute atomic E-state index is 0.210. The topological polar surface area (TPSA) is 38.0 Å². The monoisotopic (exact) mass is 274 g/mol. The Kier molecular flexibility index (Phi) is 2.57. The SMILES string of the molecule is Cc1cc(NC23CC4CC(CC(C4)C2)C3)c(N)cc1F. The van der Waals surface area contributed by atoms with Crippen LogP contribution in [0, 0.1) is 30.5 Å². The number of nitrogens with two attached hydrogens (primary N) is 1. The van der Waals surface area contributed by atoms with Crippen molar-refractivity contribution in [2.75, 3.05) is 11.1 Å². The van der Waals surface area contributed by atoms with Crippen LogP contribution < -0.4 is 11.1 Å². The van der Waals surface area contributed by atoms with Crippen LogP contribution in [-0.4, -0.2) is 5.54 Å². The molecule has 1 aromatic carbocycles. The number of nitrogen functional groups attached to an aromatic ring is 1. The van der Waals surface area contributed by atoms with Gasteiger partial charge in [-0.15, -0.1) is 0 Å². The van der Waals surface area contributed by atoms with Crippen LogP contribution in [0.1, 0.15) is 44.1 Å². The molecule has 0 aromatic heterocycles. The third kappa shape index (κ3) is 1.90. The van der Waals surface area contributed by atoms with Crippen molar-refractivity contribution in [3.63, 3.8) is 0 Å². The molecular weight excluding hydrogens is 251 g/mol. The van der Waals surface area contributed by atoms with Gasteiger partial charge in [0, 0.05) is 5.54 Å². The summed E-state index contributed by atoms with van der Waals surface area (Å²) in [6.07, 6.45) is 8.11. The Morgan fingerprint density at radius 3 is 2.20 bits per heavy atom. The molecule has 0 atom stereocenters. The maximum Gasteiger partial charge on any atom is 0.128 e. The molecule has 4 fully saturated rings. The van der Waals surface area contributed by atoms with E-state index < -0.39 is 0 Å². The molecule has 0 aliphatic heterocycles. The van der Waals surface area contributed by atoms with Gasteiger partial charge in [0.15, 0.2) is 0 Å². The molecular formula is C17H23FN2. The summed E-state index contributed by atoms with van der Waals surface area (Å²) in [7, 11) is 0. The zero-order valence-electron chi connectivity index (χ0n) is 12.1. The van der Waals surface area contributed by atoms with Gasteiger partial charge in [-0.3, -0.25) is 0 Å². The second-order valence-electron chi connectivity index (χ2n) is 7.51. The molecule has 0 unspecified atom stereocenters. The van der Waals surface area contributed by atoms with E-state index in [1.165, 1.54) is 44.6 Å². The molecule has 0 saturated heterocycles. The van der Waals surface area contributed by atoms with E-state index >= 15 is 0 Å². The van der Waals surface area contributed by atoms with E-state index in [1.54, 1.807) is 6.92 Å². The molecule has 0 spiro atoms. The lowest BCUT2D eigenvalue weighted by Crippen LogP contribution is -2.54. The second kappa shape index (κ2) is 4.12. The van der Waals surface area contributed by atoms with Gasteiger partial charge in [0.25, 0.3) is 0 Å². The number of aryl methyl sites for hydroxylation is 1. The molecule has 0 amide bonds. The van der Waals surface area contributed by atoms with Crippen molar-refractivity contribution >= 4 is 11.4 Å². The number of rotatable bonds is 2. The molecule has 4 saturated carbocycles. The van der Waals surface area contributed by atoms with E-state index in [1.807, 2.05) is 6.07 Å². The van der Waals surface area contributed by atoms with Crippen molar-refractivity contribution < 1.29 is 4.39 Å². The van der Waals surface area contributed by atoms with Gasteiger partial charge in [0.2, 0.25) is 0 Å². The van der Waals surface area contributed by atoms with Crippen LogP contribution in [0.25, 0.3) is 0 Å². The number of anilines is 2. The van der Waals surface area contributed by atoms with E-state index in [0.717, 1.165) is 23.4 Å². The molecule has 2 nitrogen and oxygen atoms in total. The quantitative estimate of drug-likeness (QED) is 0.797. The van der Waals surface area contributed by atoms with Gasteiger partial charge in [-0.25, -0.2) is 4.39 Å². The van der Waals surface area contributed by atoms with Gasteiger partial charge in [-0.1, -0.05) is 0 Å². The zero-order chi connectivity index (χ0) is 13.9. The van der Waals surface area contributed by atoms with Crippen LogP contribution in [0.4, 0.5) is 15.8 Å². The number of hydrogen-bond donors (Lipinski definition) is 2. The summed E-state index contributed by atoms with van der Waals surface area (Å²) >= 11 is 0. The Bertz CT molecular complexity index is 517. The number of nitrogens with one attached hydrogen (secondary N) is 1. The van der Waals surface area contributed by atoms with E-state index in [4.69, 9.17) is 5.73 Å². The third-order valence-electron chi connectivity index (χ3n) is 5.77. The fourth-order valence-electron chi connectivity index (χ4n) is 5.35. The average Bonchev–Trinajstić information content (AvgIpc) is 2.34. The Hall–Kier alpha value is -1.25. The van der Waals surface area contributed by atoms with Gasteiger partial charge >= 0.3 is 0 Å². The predicted octanol–water partition coefficient (Wildman–Crippen LogP) is 4.10. The lowest BCUT2D eigenvalue weighted by molar-refractivity contribution is 0.0107. The maximum atomic E-state index is 13.6. The highest BCUT2D eigenvalue weighted by atomic mass is 19.1. The molecule has 0 radical (unpaired) electrons. The van der Waals surface area contributed by atoms with Crippen molar-refractivity contribution in [2.24, 2.45) is 17.8 Å². The first-order valence-electron chi connectivity index (χ1n) is 7.87. The highest BCUT2D eigenvalue weighted by molar-refractivity contribution is 5.68. The third-order valence-corrected chi connectivity index (χ3v) is 5.77. The maximum absolute atomic E-state index is 13.6. The molecule has 3 N–H and O–H groups in total. The summed E-state index contributed by atoms with van der Waals surface area (Å²) in [5.74, 6) is 2.49. The van der Waals surface area contributed by atoms with E-state index in [2.05, 4.69) is 5.32 Å². The van der Waals surface area contributed by atoms with Crippen LogP contribution in [-0.2, 0) is 0 Å². The van der Waals surface area contributed by atoms with Gasteiger partial charge in [-0.2, -0.15) is 0 Å². The molecule has 4 aliphatic carbocycles. The first-order valence-corrected chi connectivity index (χ1v) is 7.87. The van der Waals surface area contributed by atoms with Crippen LogP contribution >= 0.6 is 0 Å². The Morgan fingerprint density at radius 2 is 1.65 bits per heavy atom. The highest BCUT2D eigenvalue weighted by Crippen LogP contribution is 2.56. The van der Waals surface area contributed by atoms with E-state index in [9.17, 15) is 4.39 Å². The van der Waals surface area contributed by atoms with Gasteiger partial charge in [0.1, 0.15) is 5.82 Å². The van der Waals surface area contributed by atoms with Gasteiger partial charge in [0.05, 0.1) is 11.4 Å². The summed E-state index contributed by atoms with van der Waals surface area (Å²) in [4.78, 5) is 0. The van der Waals surface area contributed by atoms with Crippen molar-refractivity contribution in [1.82, 2.24) is 0 Å². The van der Waals surface area contributed by atoms with E-state index in [0.29, 0.717) is 11.3 Å². The largest absolute Gasteiger partial charge is 0.397 e. The van der Waals surface area contributed by atoms with Crippen LogP contribution in [0.3, 0.4) is 0 Å². The highest BCUT2D eigenvalue weighted by Gasteiger charge is 2.51. The molecule has 4 bridgehead atoms. The summed E-state index contributed by atoms with van der Waals surface area (Å²) in [5.41, 5.74) is 8.40. The minimum Gasteiger partial charge on any atom is -0.397 e. The minimum atomic E-state index is -0.210. The van der Waals surface area contributed by atoms with Crippen molar-refractivity contribution in [1.29, 1.82) is 0 Å². The number of benzene rings is 1. The fourth-order valence-corrected chi connectivity index (χ4v) is 5.35.